The number of hydrogen-bond acceptors (Lipinski definition) is 5. The Kier molecular flexibility index (Phi) is 16.0. The highest BCUT2D eigenvalue weighted by Gasteiger charge is 2.23. The average molecular weight is 595 g/mol. The van der Waals surface area contributed by atoms with E-state index in [-0.39, 0.29) is 17.6 Å². The van der Waals surface area contributed by atoms with Crippen molar-refractivity contribution in [1.82, 2.24) is 0 Å². The summed E-state index contributed by atoms with van der Waals surface area (Å²) in [6, 6.07) is 8.30. The number of aryl methyl sites for hydroxylation is 2. The Hall–Kier alpha value is -2.53. The number of aromatic hydroxyl groups is 1. The minimum absolute atomic E-state index is 0.106. The van der Waals surface area contributed by atoms with Gasteiger partial charge in [-0.15, -0.1) is 0 Å². The summed E-state index contributed by atoms with van der Waals surface area (Å²) in [4.78, 5) is 13.2. The molecule has 5 heteroatoms. The van der Waals surface area contributed by atoms with E-state index in [9.17, 15) is 15.0 Å². The van der Waals surface area contributed by atoms with Crippen molar-refractivity contribution in [3.05, 3.63) is 41.0 Å². The number of ketones is 1. The number of methoxy groups -OCH3 is 2. The van der Waals surface area contributed by atoms with E-state index in [1.165, 1.54) is 70.6 Å². The quantitative estimate of drug-likeness (QED) is 0.168. The van der Waals surface area contributed by atoms with Crippen molar-refractivity contribution in [3.8, 4) is 28.4 Å². The van der Waals surface area contributed by atoms with Gasteiger partial charge >= 0.3 is 0 Å². The Morgan fingerprint density at radius 1 is 0.767 bits per heavy atom. The van der Waals surface area contributed by atoms with Crippen LogP contribution in [0.4, 0.5) is 0 Å². The molecule has 0 aliphatic heterocycles. The van der Waals surface area contributed by atoms with Crippen molar-refractivity contribution in [3.63, 3.8) is 0 Å². The summed E-state index contributed by atoms with van der Waals surface area (Å²) < 4.78 is 11.4. The van der Waals surface area contributed by atoms with E-state index in [0.29, 0.717) is 37.2 Å². The fourth-order valence-electron chi connectivity index (χ4n) is 6.46. The molecule has 4 bridgehead atoms. The van der Waals surface area contributed by atoms with Gasteiger partial charge in [0.1, 0.15) is 5.78 Å². The van der Waals surface area contributed by atoms with E-state index < -0.39 is 0 Å². The molecule has 2 N–H and O–H groups in total. The molecule has 1 aliphatic rings. The first-order chi connectivity index (χ1) is 21.0. The number of ether oxygens (including phenoxy) is 2. The number of benzene rings is 2. The van der Waals surface area contributed by atoms with Gasteiger partial charge in [0.2, 0.25) is 5.75 Å². The third-order valence-corrected chi connectivity index (χ3v) is 9.11. The summed E-state index contributed by atoms with van der Waals surface area (Å²) in [6.07, 6.45) is 22.1. The lowest BCUT2D eigenvalue weighted by Gasteiger charge is -2.20. The second-order valence-corrected chi connectivity index (χ2v) is 12.6. The molecule has 0 radical (unpaired) electrons. The number of fused-ring (bicyclic) bond motifs is 5. The summed E-state index contributed by atoms with van der Waals surface area (Å²) in [5, 5.41) is 21.5. The molecule has 0 unspecified atom stereocenters. The van der Waals surface area contributed by atoms with Gasteiger partial charge in [0.05, 0.1) is 20.3 Å². The molecule has 0 saturated carbocycles. The van der Waals surface area contributed by atoms with Crippen LogP contribution in [0.15, 0.2) is 24.3 Å². The van der Waals surface area contributed by atoms with Crippen molar-refractivity contribution in [2.45, 2.75) is 148 Å². The molecule has 0 saturated heterocycles. The number of carbonyl (C=O) groups is 1. The van der Waals surface area contributed by atoms with Gasteiger partial charge in [-0.05, 0) is 66.8 Å². The van der Waals surface area contributed by atoms with Crippen LogP contribution in [0.5, 0.6) is 17.2 Å². The predicted octanol–water partition coefficient (Wildman–Crippen LogP) is 9.69. The third kappa shape index (κ3) is 11.5. The standard InChI is InChI=1S/C38H58O5/c1-4-5-6-7-8-9-10-11-12-13-14-15-16-21-33(40)27-30-24-22-29-23-25-32(39)20-18-17-19-31-28-35(34(30)26-29)37(42-2)38(43-3)36(31)41/h22,24,26,28,32,39,41H,4-21,23,25,27H2,1-3H3/t32-/m0/s1. The Bertz CT molecular complexity index is 1110. The molecule has 0 amide bonds. The fraction of sp³-hybridized carbons (Fsp3) is 0.658. The van der Waals surface area contributed by atoms with E-state index in [2.05, 4.69) is 25.1 Å². The number of rotatable bonds is 18. The monoisotopic (exact) mass is 594 g/mol. The largest absolute Gasteiger partial charge is 0.504 e. The molecule has 43 heavy (non-hydrogen) atoms. The lowest BCUT2D eigenvalue weighted by atomic mass is 9.90. The van der Waals surface area contributed by atoms with Crippen LogP contribution in [0, 0.1) is 0 Å². The highest BCUT2D eigenvalue weighted by Crippen LogP contribution is 2.47. The van der Waals surface area contributed by atoms with Crippen LogP contribution >= 0.6 is 0 Å². The van der Waals surface area contributed by atoms with Crippen molar-refractivity contribution in [2.75, 3.05) is 14.2 Å². The topological polar surface area (TPSA) is 76.0 Å². The van der Waals surface area contributed by atoms with Crippen LogP contribution in [-0.4, -0.2) is 36.3 Å². The molecule has 5 nitrogen and oxygen atoms in total. The van der Waals surface area contributed by atoms with Crippen LogP contribution in [0.3, 0.4) is 0 Å². The lowest BCUT2D eigenvalue weighted by Crippen LogP contribution is -2.08. The molecule has 2 aromatic rings. The second-order valence-electron chi connectivity index (χ2n) is 12.6. The fourth-order valence-corrected chi connectivity index (χ4v) is 6.46. The van der Waals surface area contributed by atoms with Crippen LogP contribution in [0.25, 0.3) is 11.1 Å². The Labute approximate surface area is 261 Å². The second kappa shape index (κ2) is 19.7. The maximum Gasteiger partial charge on any atom is 0.203 e. The van der Waals surface area contributed by atoms with E-state index >= 15 is 0 Å². The molecule has 1 atom stereocenters. The van der Waals surface area contributed by atoms with E-state index in [1.54, 1.807) is 14.2 Å². The molecule has 0 spiro atoms. The van der Waals surface area contributed by atoms with Gasteiger partial charge in [0, 0.05) is 18.4 Å². The predicted molar refractivity (Wildman–Crippen MR) is 178 cm³/mol. The summed E-state index contributed by atoms with van der Waals surface area (Å²) in [5.41, 5.74) is 4.68. The zero-order valence-corrected chi connectivity index (χ0v) is 27.4. The van der Waals surface area contributed by atoms with Gasteiger partial charge in [-0.3, -0.25) is 4.79 Å². The number of carbonyl (C=O) groups excluding carboxylic acids is 1. The molecule has 3 rings (SSSR count). The maximum atomic E-state index is 13.2. The van der Waals surface area contributed by atoms with E-state index in [1.807, 2.05) is 6.07 Å². The van der Waals surface area contributed by atoms with Gasteiger partial charge in [0.15, 0.2) is 11.5 Å². The zero-order chi connectivity index (χ0) is 30.9. The number of aliphatic hydroxyl groups excluding tert-OH is 1. The van der Waals surface area contributed by atoms with Gasteiger partial charge < -0.3 is 19.7 Å². The Balaban J connectivity index is 1.61. The van der Waals surface area contributed by atoms with Gasteiger partial charge in [-0.2, -0.15) is 0 Å². The SMILES string of the molecule is CCCCCCCCCCCCCCCC(=O)Cc1ccc2cc1-c1cc(c(O)c(OC)c1OC)CCCC[C@H](O)CC2. The Morgan fingerprint density at radius 3 is 2.02 bits per heavy atom. The zero-order valence-electron chi connectivity index (χ0n) is 27.4. The van der Waals surface area contributed by atoms with Crippen LogP contribution in [0.2, 0.25) is 0 Å². The van der Waals surface area contributed by atoms with Crippen LogP contribution in [0.1, 0.15) is 139 Å². The highest BCUT2D eigenvalue weighted by atomic mass is 16.5. The Morgan fingerprint density at radius 2 is 1.40 bits per heavy atom. The first-order valence-electron chi connectivity index (χ1n) is 17.3. The summed E-state index contributed by atoms with van der Waals surface area (Å²) >= 11 is 0. The summed E-state index contributed by atoms with van der Waals surface area (Å²) in [7, 11) is 3.14. The third-order valence-electron chi connectivity index (χ3n) is 9.11. The average Bonchev–Trinajstić information content (AvgIpc) is 3.01. The minimum atomic E-state index is -0.341. The van der Waals surface area contributed by atoms with Crippen molar-refractivity contribution in [2.24, 2.45) is 0 Å². The molecule has 2 aromatic carbocycles. The van der Waals surface area contributed by atoms with Crippen molar-refractivity contribution < 1.29 is 24.5 Å². The maximum absolute atomic E-state index is 13.2. The lowest BCUT2D eigenvalue weighted by molar-refractivity contribution is -0.118. The number of phenols is 1. The number of hydrogen-bond donors (Lipinski definition) is 2. The van der Waals surface area contributed by atoms with Crippen molar-refractivity contribution >= 4 is 5.78 Å². The van der Waals surface area contributed by atoms with Gasteiger partial charge in [0.25, 0.3) is 0 Å². The minimum Gasteiger partial charge on any atom is -0.504 e. The molecule has 0 aromatic heterocycles. The number of phenolic OH excluding ortho intramolecular Hbond substituents is 1. The molecule has 1 aliphatic carbocycles. The van der Waals surface area contributed by atoms with Gasteiger partial charge in [-0.1, -0.05) is 109 Å². The molecule has 240 valence electrons. The van der Waals surface area contributed by atoms with Crippen LogP contribution < -0.4 is 9.47 Å². The molecule has 0 heterocycles. The first kappa shape index (κ1) is 35.0. The molecule has 0 fully saturated rings. The van der Waals surface area contributed by atoms with E-state index in [4.69, 9.17) is 9.47 Å². The first-order valence-corrected chi connectivity index (χ1v) is 17.3. The summed E-state index contributed by atoms with van der Waals surface area (Å²) in [5.74, 6) is 1.19. The summed E-state index contributed by atoms with van der Waals surface area (Å²) in [6.45, 7) is 2.27. The normalized spacial score (nSPS) is 15.3. The molecular weight excluding hydrogens is 536 g/mol. The van der Waals surface area contributed by atoms with Crippen LogP contribution in [-0.2, 0) is 24.1 Å². The van der Waals surface area contributed by atoms with E-state index in [0.717, 1.165) is 66.3 Å². The number of aliphatic hydroxyl groups is 1. The smallest absolute Gasteiger partial charge is 0.203 e. The van der Waals surface area contributed by atoms with Crippen molar-refractivity contribution in [1.29, 1.82) is 0 Å². The highest BCUT2D eigenvalue weighted by molar-refractivity contribution is 5.86. The van der Waals surface area contributed by atoms with Gasteiger partial charge in [-0.25, -0.2) is 0 Å². The molecular formula is C38H58O5. The number of unbranched alkanes of at least 4 members (excludes halogenated alkanes) is 12. The number of Topliss-reactive ketones (excluding diaryl/α,β-unsaturated/α-hetero) is 1.